The molecule has 2 atom stereocenters. The second-order valence-electron chi connectivity index (χ2n) is 8.13. The lowest BCUT2D eigenvalue weighted by Crippen LogP contribution is -2.46. The highest BCUT2D eigenvalue weighted by molar-refractivity contribution is 5.90. The van der Waals surface area contributed by atoms with Gasteiger partial charge in [0, 0.05) is 48.6 Å². The Morgan fingerprint density at radius 3 is 3.07 bits per heavy atom. The topological polar surface area (TPSA) is 74.7 Å². The number of H-pyrrole nitrogens is 1. The van der Waals surface area contributed by atoms with Gasteiger partial charge in [-0.1, -0.05) is 26.0 Å². The van der Waals surface area contributed by atoms with E-state index >= 15 is 0 Å². The van der Waals surface area contributed by atoms with Gasteiger partial charge in [0.05, 0.1) is 12.4 Å². The molecule has 0 bridgehead atoms. The second-order valence-corrected chi connectivity index (χ2v) is 8.13. The molecule has 0 radical (unpaired) electrons. The van der Waals surface area contributed by atoms with Crippen LogP contribution in [0.1, 0.15) is 43.9 Å². The summed E-state index contributed by atoms with van der Waals surface area (Å²) in [7, 11) is 0. The summed E-state index contributed by atoms with van der Waals surface area (Å²) in [6, 6.07) is 6.38. The summed E-state index contributed by atoms with van der Waals surface area (Å²) < 4.78 is 2.03. The molecule has 1 aliphatic heterocycles. The standard InChI is InChI=1S/C22H29N5O/c1-15(2)11-19-17-5-3-6-18-21(17)16(13-25-18)12-20(26-19)22(28)24-7-4-9-27-10-8-23-14-27/h3,5-6,8,10,13-15,19-20,25-26H,4,7,9,11-12H2,1-2H3,(H,24,28)/t19-,20-/m0/s1. The predicted octanol–water partition coefficient (Wildman–Crippen LogP) is 3.17. The molecule has 2 aromatic heterocycles. The molecule has 6 nitrogen and oxygen atoms in total. The van der Waals surface area contributed by atoms with Gasteiger partial charge in [0.15, 0.2) is 0 Å². The smallest absolute Gasteiger partial charge is 0.237 e. The van der Waals surface area contributed by atoms with Crippen LogP contribution in [0.2, 0.25) is 0 Å². The maximum atomic E-state index is 12.9. The zero-order valence-electron chi connectivity index (χ0n) is 16.6. The molecular formula is C22H29N5O. The van der Waals surface area contributed by atoms with Crippen molar-refractivity contribution in [3.05, 3.63) is 54.2 Å². The third-order valence-corrected chi connectivity index (χ3v) is 5.50. The number of imidazole rings is 1. The van der Waals surface area contributed by atoms with Gasteiger partial charge in [-0.25, -0.2) is 4.98 Å². The van der Waals surface area contributed by atoms with E-state index in [1.54, 1.807) is 12.5 Å². The molecule has 0 fully saturated rings. The fourth-order valence-corrected chi connectivity index (χ4v) is 4.20. The average molecular weight is 380 g/mol. The first kappa shape index (κ1) is 18.7. The minimum Gasteiger partial charge on any atom is -0.361 e. The van der Waals surface area contributed by atoms with E-state index in [2.05, 4.69) is 58.8 Å². The van der Waals surface area contributed by atoms with Crippen molar-refractivity contribution in [2.24, 2.45) is 5.92 Å². The Labute approximate surface area is 165 Å². The Hall–Kier alpha value is -2.60. The highest BCUT2D eigenvalue weighted by Gasteiger charge is 2.29. The number of nitrogens with one attached hydrogen (secondary N) is 3. The molecule has 4 rings (SSSR count). The maximum absolute atomic E-state index is 12.9. The second kappa shape index (κ2) is 8.19. The van der Waals surface area contributed by atoms with Crippen molar-refractivity contribution < 1.29 is 4.79 Å². The van der Waals surface area contributed by atoms with Crippen molar-refractivity contribution in [1.29, 1.82) is 0 Å². The largest absolute Gasteiger partial charge is 0.361 e. The highest BCUT2D eigenvalue weighted by atomic mass is 16.2. The molecule has 3 heterocycles. The van der Waals surface area contributed by atoms with Crippen LogP contribution < -0.4 is 10.6 Å². The quantitative estimate of drug-likeness (QED) is 0.552. The van der Waals surface area contributed by atoms with E-state index in [1.807, 2.05) is 10.8 Å². The normalized spacial score (nSPS) is 19.1. The first-order chi connectivity index (χ1) is 13.6. The lowest BCUT2D eigenvalue weighted by Gasteiger charge is -2.25. The van der Waals surface area contributed by atoms with Crippen molar-refractivity contribution in [3.63, 3.8) is 0 Å². The van der Waals surface area contributed by atoms with Crippen molar-refractivity contribution in [1.82, 2.24) is 25.2 Å². The monoisotopic (exact) mass is 379 g/mol. The van der Waals surface area contributed by atoms with E-state index in [9.17, 15) is 4.79 Å². The van der Waals surface area contributed by atoms with Crippen LogP contribution in [0.15, 0.2) is 43.1 Å². The van der Waals surface area contributed by atoms with Crippen LogP contribution in [0.4, 0.5) is 0 Å². The van der Waals surface area contributed by atoms with Crippen LogP contribution in [-0.2, 0) is 17.8 Å². The summed E-state index contributed by atoms with van der Waals surface area (Å²) in [6.07, 6.45) is 10.2. The van der Waals surface area contributed by atoms with Gasteiger partial charge < -0.3 is 14.9 Å². The molecule has 1 aromatic carbocycles. The highest BCUT2D eigenvalue weighted by Crippen LogP contribution is 2.34. The van der Waals surface area contributed by atoms with Gasteiger partial charge in [-0.2, -0.15) is 0 Å². The van der Waals surface area contributed by atoms with Crippen LogP contribution >= 0.6 is 0 Å². The number of aromatic nitrogens is 3. The molecule has 0 aliphatic carbocycles. The fraction of sp³-hybridized carbons (Fsp3) is 0.455. The molecule has 28 heavy (non-hydrogen) atoms. The Morgan fingerprint density at radius 1 is 1.39 bits per heavy atom. The SMILES string of the molecule is CC(C)C[C@@H]1N[C@H](C(=O)NCCCn2ccnc2)Cc2c[nH]c3cccc1c23. The van der Waals surface area contributed by atoms with Crippen LogP contribution in [0, 0.1) is 5.92 Å². The first-order valence-corrected chi connectivity index (χ1v) is 10.2. The summed E-state index contributed by atoms with van der Waals surface area (Å²) >= 11 is 0. The van der Waals surface area contributed by atoms with Crippen LogP contribution in [0.25, 0.3) is 10.9 Å². The number of carbonyl (C=O) groups is 1. The summed E-state index contributed by atoms with van der Waals surface area (Å²) in [5, 5.41) is 8.06. The van der Waals surface area contributed by atoms with E-state index in [-0.39, 0.29) is 18.0 Å². The summed E-state index contributed by atoms with van der Waals surface area (Å²) in [6.45, 7) is 5.99. The van der Waals surface area contributed by atoms with E-state index in [0.717, 1.165) is 24.9 Å². The van der Waals surface area contributed by atoms with Gasteiger partial charge >= 0.3 is 0 Å². The number of amides is 1. The summed E-state index contributed by atoms with van der Waals surface area (Å²) in [5.41, 5.74) is 3.69. The molecule has 0 unspecified atom stereocenters. The third-order valence-electron chi connectivity index (χ3n) is 5.50. The van der Waals surface area contributed by atoms with Gasteiger partial charge in [-0.15, -0.1) is 0 Å². The summed E-state index contributed by atoms with van der Waals surface area (Å²) in [4.78, 5) is 20.4. The minimum absolute atomic E-state index is 0.0848. The first-order valence-electron chi connectivity index (χ1n) is 10.2. The Kier molecular flexibility index (Phi) is 5.48. The molecule has 0 saturated heterocycles. The Balaban J connectivity index is 1.46. The predicted molar refractivity (Wildman–Crippen MR) is 111 cm³/mol. The number of rotatable bonds is 7. The number of carbonyl (C=O) groups excluding carboxylic acids is 1. The number of benzene rings is 1. The van der Waals surface area contributed by atoms with E-state index in [1.165, 1.54) is 16.5 Å². The Bertz CT molecular complexity index is 928. The third kappa shape index (κ3) is 3.97. The molecule has 1 amide bonds. The van der Waals surface area contributed by atoms with Gasteiger partial charge in [-0.3, -0.25) is 10.1 Å². The molecule has 148 valence electrons. The molecular weight excluding hydrogens is 350 g/mol. The van der Waals surface area contributed by atoms with Crippen molar-refractivity contribution in [2.75, 3.05) is 6.54 Å². The van der Waals surface area contributed by atoms with E-state index in [0.29, 0.717) is 18.9 Å². The zero-order valence-corrected chi connectivity index (χ0v) is 16.6. The number of hydrogen-bond donors (Lipinski definition) is 3. The van der Waals surface area contributed by atoms with Crippen LogP contribution in [0.3, 0.4) is 0 Å². The van der Waals surface area contributed by atoms with E-state index in [4.69, 9.17) is 0 Å². The zero-order chi connectivity index (χ0) is 19.5. The molecule has 3 aromatic rings. The lowest BCUT2D eigenvalue weighted by atomic mass is 9.94. The number of aromatic amines is 1. The van der Waals surface area contributed by atoms with Gasteiger partial charge in [0.25, 0.3) is 0 Å². The average Bonchev–Trinajstić information content (AvgIpc) is 3.30. The van der Waals surface area contributed by atoms with Gasteiger partial charge in [0.2, 0.25) is 5.91 Å². The maximum Gasteiger partial charge on any atom is 0.237 e. The summed E-state index contributed by atoms with van der Waals surface area (Å²) in [5.74, 6) is 0.633. The number of hydrogen-bond acceptors (Lipinski definition) is 3. The molecule has 0 saturated carbocycles. The fourth-order valence-electron chi connectivity index (χ4n) is 4.20. The number of nitrogens with zero attached hydrogens (tertiary/aromatic N) is 2. The molecule has 1 aliphatic rings. The van der Waals surface area contributed by atoms with Gasteiger partial charge in [0.1, 0.15) is 0 Å². The van der Waals surface area contributed by atoms with E-state index < -0.39 is 0 Å². The molecule has 0 spiro atoms. The Morgan fingerprint density at radius 2 is 2.29 bits per heavy atom. The van der Waals surface area contributed by atoms with Gasteiger partial charge in [-0.05, 0) is 42.4 Å². The van der Waals surface area contributed by atoms with Crippen molar-refractivity contribution >= 4 is 16.8 Å². The van der Waals surface area contributed by atoms with Crippen LogP contribution in [0.5, 0.6) is 0 Å². The lowest BCUT2D eigenvalue weighted by molar-refractivity contribution is -0.123. The molecule has 6 heteroatoms. The minimum atomic E-state index is -0.219. The molecule has 3 N–H and O–H groups in total. The van der Waals surface area contributed by atoms with Crippen LogP contribution in [-0.4, -0.2) is 33.0 Å². The van der Waals surface area contributed by atoms with Crippen molar-refractivity contribution in [3.8, 4) is 0 Å². The number of aryl methyl sites for hydroxylation is 1. The van der Waals surface area contributed by atoms with Crippen molar-refractivity contribution in [2.45, 2.75) is 51.7 Å².